The molecule has 0 saturated heterocycles. The van der Waals surface area contributed by atoms with Gasteiger partial charge in [0.1, 0.15) is 5.15 Å². The number of nitrogens with one attached hydrogen (secondary N) is 1. The molecule has 1 amide bonds. The van der Waals surface area contributed by atoms with E-state index in [0.717, 1.165) is 11.1 Å². The van der Waals surface area contributed by atoms with Crippen molar-refractivity contribution in [1.82, 2.24) is 15.1 Å². The summed E-state index contributed by atoms with van der Waals surface area (Å²) in [4.78, 5) is 24.1. The lowest BCUT2D eigenvalue weighted by molar-refractivity contribution is 0.0600. The van der Waals surface area contributed by atoms with Crippen molar-refractivity contribution < 1.29 is 14.3 Å². The summed E-state index contributed by atoms with van der Waals surface area (Å²) in [7, 11) is 1.35. The zero-order valence-electron chi connectivity index (χ0n) is 17.2. The van der Waals surface area contributed by atoms with E-state index in [1.165, 1.54) is 12.7 Å². The van der Waals surface area contributed by atoms with Crippen molar-refractivity contribution in [2.75, 3.05) is 13.7 Å². The van der Waals surface area contributed by atoms with Crippen molar-refractivity contribution in [3.8, 4) is 0 Å². The number of hydrogen-bond acceptors (Lipinski definition) is 4. The van der Waals surface area contributed by atoms with Gasteiger partial charge in [0.25, 0.3) is 5.91 Å². The van der Waals surface area contributed by atoms with Crippen molar-refractivity contribution in [3.05, 3.63) is 87.2 Å². The number of carbonyl (C=O) groups is 2. The van der Waals surface area contributed by atoms with Crippen LogP contribution in [0.5, 0.6) is 0 Å². The van der Waals surface area contributed by atoms with Gasteiger partial charge in [0.2, 0.25) is 0 Å². The third-order valence-corrected chi connectivity index (χ3v) is 5.20. The number of halogens is 1. The van der Waals surface area contributed by atoms with Gasteiger partial charge in [-0.3, -0.25) is 4.79 Å². The zero-order valence-corrected chi connectivity index (χ0v) is 18.0. The number of methoxy groups -OCH3 is 1. The van der Waals surface area contributed by atoms with Gasteiger partial charge in [0, 0.05) is 6.54 Å². The van der Waals surface area contributed by atoms with Gasteiger partial charge in [0.05, 0.1) is 30.5 Å². The number of ether oxygens (including phenoxy) is 1. The first-order chi connectivity index (χ1) is 14.4. The van der Waals surface area contributed by atoms with Crippen molar-refractivity contribution in [3.63, 3.8) is 0 Å². The van der Waals surface area contributed by atoms with E-state index in [2.05, 4.69) is 15.2 Å². The predicted octanol–water partition coefficient (Wildman–Crippen LogP) is 3.96. The van der Waals surface area contributed by atoms with Gasteiger partial charge < -0.3 is 10.1 Å². The maximum atomic E-state index is 12.7. The fourth-order valence-corrected chi connectivity index (χ4v) is 3.44. The third kappa shape index (κ3) is 5.07. The second kappa shape index (κ2) is 9.59. The molecule has 0 aliphatic carbocycles. The van der Waals surface area contributed by atoms with Gasteiger partial charge in [-0.05, 0) is 43.5 Å². The number of aryl methyl sites for hydroxylation is 2. The molecule has 0 bridgehead atoms. The van der Waals surface area contributed by atoms with E-state index >= 15 is 0 Å². The average Bonchev–Trinajstić information content (AvgIpc) is 3.02. The summed E-state index contributed by atoms with van der Waals surface area (Å²) in [5.74, 6) is -0.624. The minimum absolute atomic E-state index is 0.251. The molecular weight excluding hydrogens is 402 g/mol. The third-order valence-electron chi connectivity index (χ3n) is 4.82. The maximum absolute atomic E-state index is 12.7. The molecule has 0 aliphatic heterocycles. The van der Waals surface area contributed by atoms with E-state index in [-0.39, 0.29) is 11.9 Å². The minimum atomic E-state index is -0.373. The highest BCUT2D eigenvalue weighted by molar-refractivity contribution is 6.33. The molecule has 0 unspecified atom stereocenters. The predicted molar refractivity (Wildman–Crippen MR) is 116 cm³/mol. The van der Waals surface area contributed by atoms with Crippen LogP contribution in [0.15, 0.2) is 48.5 Å². The van der Waals surface area contributed by atoms with Gasteiger partial charge in [0.15, 0.2) is 0 Å². The molecule has 2 aromatic carbocycles. The second-order valence-electron chi connectivity index (χ2n) is 7.09. The smallest absolute Gasteiger partial charge is 0.337 e. The Labute approximate surface area is 180 Å². The van der Waals surface area contributed by atoms with Crippen molar-refractivity contribution >= 4 is 23.5 Å². The monoisotopic (exact) mass is 425 g/mol. The Morgan fingerprint density at radius 3 is 2.30 bits per heavy atom. The SMILES string of the molecule is COC(=O)c1ccc(CCNC(=O)c2c(C)nn(Cc3ccc(C)cc3)c2Cl)cc1. The molecule has 30 heavy (non-hydrogen) atoms. The zero-order chi connectivity index (χ0) is 21.7. The molecule has 7 heteroatoms. The van der Waals surface area contributed by atoms with Gasteiger partial charge in [-0.25, -0.2) is 9.48 Å². The molecule has 0 radical (unpaired) electrons. The Balaban J connectivity index is 1.60. The van der Waals surface area contributed by atoms with Crippen LogP contribution in [0.4, 0.5) is 0 Å². The first-order valence-electron chi connectivity index (χ1n) is 9.63. The van der Waals surface area contributed by atoms with Gasteiger partial charge in [-0.2, -0.15) is 5.10 Å². The molecule has 6 nitrogen and oxygen atoms in total. The van der Waals surface area contributed by atoms with E-state index in [0.29, 0.717) is 41.5 Å². The maximum Gasteiger partial charge on any atom is 0.337 e. The molecule has 0 saturated carbocycles. The summed E-state index contributed by atoms with van der Waals surface area (Å²) in [6, 6.07) is 15.2. The molecule has 0 aliphatic rings. The van der Waals surface area contributed by atoms with Crippen molar-refractivity contribution in [1.29, 1.82) is 0 Å². The summed E-state index contributed by atoms with van der Waals surface area (Å²) in [6.07, 6.45) is 0.626. The van der Waals surface area contributed by atoms with Crippen LogP contribution in [-0.2, 0) is 17.7 Å². The molecule has 0 fully saturated rings. The summed E-state index contributed by atoms with van der Waals surface area (Å²) in [5.41, 5.74) is 4.72. The molecule has 1 aromatic heterocycles. The quantitative estimate of drug-likeness (QED) is 0.581. The number of rotatable bonds is 7. The number of esters is 1. The number of hydrogen-bond donors (Lipinski definition) is 1. The van der Waals surface area contributed by atoms with E-state index < -0.39 is 0 Å². The summed E-state index contributed by atoms with van der Waals surface area (Å²) in [5, 5.41) is 7.65. The Kier molecular flexibility index (Phi) is 6.90. The lowest BCUT2D eigenvalue weighted by atomic mass is 10.1. The van der Waals surface area contributed by atoms with Crippen molar-refractivity contribution in [2.24, 2.45) is 0 Å². The molecule has 0 atom stereocenters. The number of nitrogens with zero attached hydrogens (tertiary/aromatic N) is 2. The highest BCUT2D eigenvalue weighted by Gasteiger charge is 2.20. The average molecular weight is 426 g/mol. The summed E-state index contributed by atoms with van der Waals surface area (Å²) in [6.45, 7) is 4.75. The first kappa shape index (κ1) is 21.6. The van der Waals surface area contributed by atoms with Gasteiger partial charge in [-0.15, -0.1) is 0 Å². The van der Waals surface area contributed by atoms with E-state index in [1.807, 2.05) is 43.3 Å². The Hall–Kier alpha value is -3.12. The summed E-state index contributed by atoms with van der Waals surface area (Å²) >= 11 is 6.46. The van der Waals surface area contributed by atoms with Crippen LogP contribution in [-0.4, -0.2) is 35.3 Å². The van der Waals surface area contributed by atoms with Crippen LogP contribution in [0.3, 0.4) is 0 Å². The van der Waals surface area contributed by atoms with E-state index in [1.54, 1.807) is 23.7 Å². The highest BCUT2D eigenvalue weighted by Crippen LogP contribution is 2.21. The molecule has 3 aromatic rings. The number of amides is 1. The summed E-state index contributed by atoms with van der Waals surface area (Å²) < 4.78 is 6.33. The van der Waals surface area contributed by atoms with Crippen molar-refractivity contribution in [2.45, 2.75) is 26.8 Å². The molecule has 156 valence electrons. The Bertz CT molecular complexity index is 1040. The largest absolute Gasteiger partial charge is 0.465 e. The van der Waals surface area contributed by atoms with Gasteiger partial charge in [-0.1, -0.05) is 53.6 Å². The number of carbonyl (C=O) groups excluding carboxylic acids is 2. The van der Waals surface area contributed by atoms with Crippen LogP contribution >= 0.6 is 11.6 Å². The second-order valence-corrected chi connectivity index (χ2v) is 7.45. The Morgan fingerprint density at radius 2 is 1.67 bits per heavy atom. The van der Waals surface area contributed by atoms with E-state index in [9.17, 15) is 9.59 Å². The van der Waals surface area contributed by atoms with E-state index in [4.69, 9.17) is 11.6 Å². The Morgan fingerprint density at radius 1 is 1.03 bits per heavy atom. The van der Waals surface area contributed by atoms with Gasteiger partial charge >= 0.3 is 5.97 Å². The molecule has 0 spiro atoms. The molecular formula is C23H24ClN3O3. The molecule has 1 heterocycles. The standard InChI is InChI=1S/C23H24ClN3O3/c1-15-4-6-18(7-5-15)14-27-21(24)20(16(2)26-27)22(28)25-13-12-17-8-10-19(11-9-17)23(29)30-3/h4-11H,12-14H2,1-3H3,(H,25,28). The fraction of sp³-hybridized carbons (Fsp3) is 0.261. The molecule has 1 N–H and O–H groups in total. The van der Waals surface area contributed by atoms with Crippen LogP contribution in [0.1, 0.15) is 43.1 Å². The molecule has 3 rings (SSSR count). The topological polar surface area (TPSA) is 73.2 Å². The highest BCUT2D eigenvalue weighted by atomic mass is 35.5. The fourth-order valence-electron chi connectivity index (χ4n) is 3.12. The van der Waals surface area contributed by atoms with Crippen LogP contribution in [0.2, 0.25) is 5.15 Å². The van der Waals surface area contributed by atoms with Crippen LogP contribution in [0.25, 0.3) is 0 Å². The number of aromatic nitrogens is 2. The van der Waals surface area contributed by atoms with Crippen LogP contribution < -0.4 is 5.32 Å². The van der Waals surface area contributed by atoms with Crippen LogP contribution in [0, 0.1) is 13.8 Å². The lowest BCUT2D eigenvalue weighted by Crippen LogP contribution is -2.26. The lowest BCUT2D eigenvalue weighted by Gasteiger charge is -2.07. The normalized spacial score (nSPS) is 10.7. The number of benzene rings is 2. The minimum Gasteiger partial charge on any atom is -0.465 e. The first-order valence-corrected chi connectivity index (χ1v) is 10.0.